The van der Waals surface area contributed by atoms with Crippen LogP contribution in [-0.4, -0.2) is 34.0 Å². The Morgan fingerprint density at radius 2 is 1.51 bits per heavy atom. The molecule has 0 spiro atoms. The summed E-state index contributed by atoms with van der Waals surface area (Å²) in [5, 5.41) is 11.3. The number of hydrogen-bond acceptors (Lipinski definition) is 7. The van der Waals surface area contributed by atoms with Crippen molar-refractivity contribution in [2.45, 2.75) is 70.6 Å². The fourth-order valence-corrected chi connectivity index (χ4v) is 4.78. The second-order valence-electron chi connectivity index (χ2n) is 10.2. The van der Waals surface area contributed by atoms with Gasteiger partial charge in [0.2, 0.25) is 0 Å². The molecule has 1 N–H and O–H groups in total. The number of aromatic nitrogens is 2. The molecule has 35 heavy (non-hydrogen) atoms. The van der Waals surface area contributed by atoms with Gasteiger partial charge in [0.25, 0.3) is 5.19 Å². The molecule has 1 amide bonds. The molecule has 0 atom stereocenters. The number of alkyl carbamates (subject to hydrolysis) is 1. The number of nitrogens with one attached hydrogen (secondary N) is 1. The fraction of sp³-hybridized carbons (Fsp3) is 0.423. The van der Waals surface area contributed by atoms with Crippen LogP contribution in [0.2, 0.25) is 0 Å². The van der Waals surface area contributed by atoms with Gasteiger partial charge in [0.15, 0.2) is 3.92 Å². The minimum atomic E-state index is -0.494. The van der Waals surface area contributed by atoms with E-state index in [1.807, 2.05) is 45.0 Å². The van der Waals surface area contributed by atoms with E-state index in [0.29, 0.717) is 9.11 Å². The number of nitrogens with zero attached hydrogens (tertiary/aromatic N) is 2. The lowest BCUT2D eigenvalue weighted by molar-refractivity contribution is 0.0363. The molecule has 0 unspecified atom stereocenters. The van der Waals surface area contributed by atoms with Gasteiger partial charge in [0.1, 0.15) is 23.2 Å². The standard InChI is InChI=1S/C26H30BrN3O4S/c1-25(2,3)34-23(31)28-18-14-21(15-18)32-19-10-6-16(7-11-19)26(4,5)17-8-12-20(13-9-17)33-24-30-29-22(27)35-24/h6-13,18,21H,14-15H2,1-5H3,(H,28,31). The van der Waals surface area contributed by atoms with Crippen LogP contribution in [0.3, 0.4) is 0 Å². The molecule has 0 bridgehead atoms. The number of hydrogen-bond donors (Lipinski definition) is 1. The van der Waals surface area contributed by atoms with Crippen molar-refractivity contribution < 1.29 is 19.0 Å². The Morgan fingerprint density at radius 3 is 2.03 bits per heavy atom. The van der Waals surface area contributed by atoms with Crippen molar-refractivity contribution in [1.82, 2.24) is 15.5 Å². The SMILES string of the molecule is CC(C)(C)OC(=O)NC1CC(Oc2ccc(C(C)(C)c3ccc(Oc4nnc(Br)s4)cc3)cc2)C1. The van der Waals surface area contributed by atoms with Crippen molar-refractivity contribution in [3.05, 3.63) is 63.6 Å². The highest BCUT2D eigenvalue weighted by molar-refractivity contribution is 9.11. The Bertz CT molecular complexity index is 1150. The zero-order valence-electron chi connectivity index (χ0n) is 20.5. The maximum atomic E-state index is 11.9. The van der Waals surface area contributed by atoms with Crippen LogP contribution in [-0.2, 0) is 10.2 Å². The van der Waals surface area contributed by atoms with Gasteiger partial charge < -0.3 is 19.5 Å². The van der Waals surface area contributed by atoms with E-state index in [1.165, 1.54) is 22.5 Å². The topological polar surface area (TPSA) is 82.6 Å². The monoisotopic (exact) mass is 559 g/mol. The number of carbonyl (C=O) groups is 1. The number of ether oxygens (including phenoxy) is 3. The first-order chi connectivity index (χ1) is 16.5. The van der Waals surface area contributed by atoms with E-state index >= 15 is 0 Å². The predicted molar refractivity (Wildman–Crippen MR) is 140 cm³/mol. The molecule has 1 heterocycles. The summed E-state index contributed by atoms with van der Waals surface area (Å²) in [6, 6.07) is 16.4. The molecular formula is C26H30BrN3O4S. The van der Waals surface area contributed by atoms with Crippen LogP contribution in [0.4, 0.5) is 4.79 Å². The van der Waals surface area contributed by atoms with E-state index in [2.05, 4.69) is 69.6 Å². The molecule has 186 valence electrons. The van der Waals surface area contributed by atoms with Crippen molar-refractivity contribution in [1.29, 1.82) is 0 Å². The molecule has 4 rings (SSSR count). The zero-order valence-corrected chi connectivity index (χ0v) is 22.9. The first-order valence-electron chi connectivity index (χ1n) is 11.5. The van der Waals surface area contributed by atoms with E-state index < -0.39 is 5.60 Å². The van der Waals surface area contributed by atoms with Gasteiger partial charge in [0, 0.05) is 24.3 Å². The highest BCUT2D eigenvalue weighted by atomic mass is 79.9. The van der Waals surface area contributed by atoms with E-state index in [4.69, 9.17) is 14.2 Å². The van der Waals surface area contributed by atoms with E-state index in [1.54, 1.807) is 0 Å². The molecule has 1 saturated carbocycles. The number of halogens is 1. The summed E-state index contributed by atoms with van der Waals surface area (Å²) < 4.78 is 17.8. The fourth-order valence-electron chi connectivity index (χ4n) is 3.84. The molecule has 3 aromatic rings. The predicted octanol–water partition coefficient (Wildman–Crippen LogP) is 6.85. The van der Waals surface area contributed by atoms with Crippen molar-refractivity contribution in [2.24, 2.45) is 0 Å². The van der Waals surface area contributed by atoms with Crippen LogP contribution in [0.5, 0.6) is 16.7 Å². The quantitative estimate of drug-likeness (QED) is 0.340. The summed E-state index contributed by atoms with van der Waals surface area (Å²) in [6.45, 7) is 9.96. The summed E-state index contributed by atoms with van der Waals surface area (Å²) in [5.74, 6) is 1.55. The van der Waals surface area contributed by atoms with E-state index in [9.17, 15) is 4.79 Å². The first kappa shape index (κ1) is 25.4. The molecule has 0 saturated heterocycles. The first-order valence-corrected chi connectivity index (χ1v) is 13.1. The minimum absolute atomic E-state index is 0.0911. The van der Waals surface area contributed by atoms with Gasteiger partial charge in [-0.15, -0.1) is 5.10 Å². The van der Waals surface area contributed by atoms with E-state index in [0.717, 1.165) is 24.3 Å². The molecule has 1 aliphatic carbocycles. The lowest BCUT2D eigenvalue weighted by Gasteiger charge is -2.36. The van der Waals surface area contributed by atoms with Crippen molar-refractivity contribution >= 4 is 33.4 Å². The number of benzene rings is 2. The molecule has 1 aliphatic rings. The van der Waals surface area contributed by atoms with E-state index in [-0.39, 0.29) is 23.7 Å². The zero-order chi connectivity index (χ0) is 25.2. The number of rotatable bonds is 7. The summed E-state index contributed by atoms with van der Waals surface area (Å²) in [6.07, 6.45) is 1.26. The third-order valence-corrected chi connectivity index (χ3v) is 7.09. The Balaban J connectivity index is 1.30. The summed E-state index contributed by atoms with van der Waals surface area (Å²) in [7, 11) is 0. The highest BCUT2D eigenvalue weighted by Gasteiger charge is 2.33. The number of amides is 1. The average Bonchev–Trinajstić information content (AvgIpc) is 3.16. The number of carbonyl (C=O) groups excluding carboxylic acids is 1. The van der Waals surface area contributed by atoms with Gasteiger partial charge in [-0.1, -0.05) is 43.2 Å². The molecule has 0 aliphatic heterocycles. The largest absolute Gasteiger partial charge is 0.490 e. The van der Waals surface area contributed by atoms with Gasteiger partial charge in [-0.2, -0.15) is 0 Å². The van der Waals surface area contributed by atoms with Gasteiger partial charge in [0.05, 0.1) is 0 Å². The Kier molecular flexibility index (Phi) is 7.38. The summed E-state index contributed by atoms with van der Waals surface area (Å²) in [5.41, 5.74) is 1.67. The summed E-state index contributed by atoms with van der Waals surface area (Å²) >= 11 is 4.63. The normalized spacial score (nSPS) is 17.9. The molecule has 0 radical (unpaired) electrons. The maximum Gasteiger partial charge on any atom is 0.407 e. The molecule has 2 aromatic carbocycles. The average molecular weight is 561 g/mol. The smallest absolute Gasteiger partial charge is 0.407 e. The van der Waals surface area contributed by atoms with Crippen molar-refractivity contribution in [3.8, 4) is 16.7 Å². The third kappa shape index (κ3) is 6.73. The highest BCUT2D eigenvalue weighted by Crippen LogP contribution is 2.35. The van der Waals surface area contributed by atoms with Crippen LogP contribution in [0.1, 0.15) is 58.6 Å². The minimum Gasteiger partial charge on any atom is -0.490 e. The maximum absolute atomic E-state index is 11.9. The van der Waals surface area contributed by atoms with Gasteiger partial charge in [-0.3, -0.25) is 0 Å². The molecule has 7 nitrogen and oxygen atoms in total. The van der Waals surface area contributed by atoms with Crippen LogP contribution in [0, 0.1) is 0 Å². The van der Waals surface area contributed by atoms with Crippen LogP contribution >= 0.6 is 27.3 Å². The van der Waals surface area contributed by atoms with Crippen molar-refractivity contribution in [3.63, 3.8) is 0 Å². The molecular weight excluding hydrogens is 530 g/mol. The van der Waals surface area contributed by atoms with Crippen LogP contribution in [0.15, 0.2) is 52.4 Å². The van der Waals surface area contributed by atoms with Crippen molar-refractivity contribution in [2.75, 3.05) is 0 Å². The molecule has 1 fully saturated rings. The second kappa shape index (κ2) is 10.1. The third-order valence-electron chi connectivity index (χ3n) is 5.86. The van der Waals surface area contributed by atoms with Crippen LogP contribution in [0.25, 0.3) is 0 Å². The van der Waals surface area contributed by atoms with Gasteiger partial charge >= 0.3 is 6.09 Å². The van der Waals surface area contributed by atoms with Crippen LogP contribution < -0.4 is 14.8 Å². The molecule has 9 heteroatoms. The Labute approximate surface area is 218 Å². The lowest BCUT2D eigenvalue weighted by atomic mass is 9.78. The summed E-state index contributed by atoms with van der Waals surface area (Å²) in [4.78, 5) is 11.9. The lowest BCUT2D eigenvalue weighted by Crippen LogP contribution is -2.50. The second-order valence-corrected chi connectivity index (χ2v) is 12.4. The Hall–Kier alpha value is -2.65. The molecule has 1 aromatic heterocycles. The Morgan fingerprint density at radius 1 is 0.943 bits per heavy atom. The van der Waals surface area contributed by atoms with Gasteiger partial charge in [-0.05, 0) is 83.4 Å². The van der Waals surface area contributed by atoms with Gasteiger partial charge in [-0.25, -0.2) is 4.79 Å².